The van der Waals surface area contributed by atoms with Gasteiger partial charge in [-0.05, 0) is 125 Å². The van der Waals surface area contributed by atoms with Crippen molar-refractivity contribution in [3.63, 3.8) is 0 Å². The SMILES string of the molecule is c1ccc(-c2cccc3cc4c(cc23)C2(c3ccccc3-c3ccccc32)c2cc(-c3ccc5c(c3)-c3cccc6cccc(c36)O5)ccc2-4)cc1. The molecule has 0 atom stereocenters. The van der Waals surface area contributed by atoms with Gasteiger partial charge in [0.2, 0.25) is 0 Å². The fourth-order valence-corrected chi connectivity index (χ4v) is 9.70. The zero-order chi connectivity index (χ0) is 34.0. The third kappa shape index (κ3) is 3.57. The molecule has 52 heavy (non-hydrogen) atoms. The highest BCUT2D eigenvalue weighted by Crippen LogP contribution is 2.64. The van der Waals surface area contributed by atoms with Gasteiger partial charge in [-0.1, -0.05) is 146 Å². The fourth-order valence-electron chi connectivity index (χ4n) is 9.70. The molecule has 0 radical (unpaired) electrons. The molecule has 0 saturated heterocycles. The highest BCUT2D eigenvalue weighted by Gasteiger charge is 2.51. The van der Waals surface area contributed by atoms with Crippen LogP contribution < -0.4 is 4.74 Å². The second-order valence-electron chi connectivity index (χ2n) is 14.4. The van der Waals surface area contributed by atoms with Crippen molar-refractivity contribution in [1.82, 2.24) is 0 Å². The number of hydrogen-bond donors (Lipinski definition) is 0. The van der Waals surface area contributed by atoms with E-state index < -0.39 is 5.41 Å². The summed E-state index contributed by atoms with van der Waals surface area (Å²) in [6.07, 6.45) is 0. The van der Waals surface area contributed by atoms with Gasteiger partial charge < -0.3 is 4.74 Å². The Kier molecular flexibility index (Phi) is 5.49. The standard InChI is InChI=1S/C51H30O/c1-2-11-31(12-3-1)36-18-9-15-35-28-42-39-25-23-34(33-24-26-48-43(27-33)40-19-8-13-32-14-10-22-49(52-48)50(32)40)29-46(39)51(47(42)30-41(35)36)44-20-6-4-16-37(44)38-17-5-7-21-45(38)51/h1-30H. The lowest BCUT2D eigenvalue weighted by Crippen LogP contribution is -2.26. The van der Waals surface area contributed by atoms with Gasteiger partial charge in [-0.3, -0.25) is 0 Å². The van der Waals surface area contributed by atoms with Crippen LogP contribution in [0.2, 0.25) is 0 Å². The molecule has 2 aliphatic carbocycles. The van der Waals surface area contributed by atoms with Gasteiger partial charge in [-0.15, -0.1) is 0 Å². The van der Waals surface area contributed by atoms with Crippen molar-refractivity contribution >= 4 is 21.5 Å². The summed E-state index contributed by atoms with van der Waals surface area (Å²) >= 11 is 0. The monoisotopic (exact) mass is 658 g/mol. The van der Waals surface area contributed by atoms with Crippen molar-refractivity contribution in [1.29, 1.82) is 0 Å². The highest BCUT2D eigenvalue weighted by molar-refractivity contribution is 6.06. The molecule has 1 aliphatic heterocycles. The van der Waals surface area contributed by atoms with Crippen LogP contribution in [-0.4, -0.2) is 0 Å². The van der Waals surface area contributed by atoms with Gasteiger partial charge in [0.05, 0.1) is 5.41 Å². The first-order valence-corrected chi connectivity index (χ1v) is 18.1. The maximum Gasteiger partial charge on any atom is 0.135 e. The molecule has 0 fully saturated rings. The summed E-state index contributed by atoms with van der Waals surface area (Å²) in [6, 6.07) is 67.4. The number of ether oxygens (including phenoxy) is 1. The molecular formula is C51H30O. The van der Waals surface area contributed by atoms with E-state index in [2.05, 4.69) is 182 Å². The van der Waals surface area contributed by atoms with E-state index in [4.69, 9.17) is 4.74 Å². The Labute approximate surface area is 302 Å². The van der Waals surface area contributed by atoms with Gasteiger partial charge in [0.1, 0.15) is 11.5 Å². The van der Waals surface area contributed by atoms with Crippen LogP contribution in [0.1, 0.15) is 22.3 Å². The molecule has 240 valence electrons. The summed E-state index contributed by atoms with van der Waals surface area (Å²) in [7, 11) is 0. The van der Waals surface area contributed by atoms with Crippen molar-refractivity contribution in [3.05, 3.63) is 204 Å². The highest BCUT2D eigenvalue weighted by atomic mass is 16.5. The van der Waals surface area contributed by atoms with E-state index in [-0.39, 0.29) is 0 Å². The molecular weight excluding hydrogens is 629 g/mol. The van der Waals surface area contributed by atoms with Crippen LogP contribution in [0.4, 0.5) is 0 Å². The molecule has 1 spiro atoms. The number of rotatable bonds is 2. The van der Waals surface area contributed by atoms with Gasteiger partial charge in [0.15, 0.2) is 0 Å². The Hall–Kier alpha value is -6.70. The summed E-state index contributed by atoms with van der Waals surface area (Å²) in [4.78, 5) is 0. The van der Waals surface area contributed by atoms with Crippen molar-refractivity contribution < 1.29 is 4.74 Å². The molecule has 0 unspecified atom stereocenters. The molecule has 0 N–H and O–H groups in total. The predicted molar refractivity (Wildman–Crippen MR) is 214 cm³/mol. The Bertz CT molecular complexity index is 2940. The maximum absolute atomic E-state index is 6.49. The van der Waals surface area contributed by atoms with Gasteiger partial charge in [0, 0.05) is 10.9 Å². The first-order valence-electron chi connectivity index (χ1n) is 18.1. The van der Waals surface area contributed by atoms with E-state index in [1.165, 1.54) is 93.9 Å². The minimum Gasteiger partial charge on any atom is -0.456 e. The molecule has 0 saturated carbocycles. The van der Waals surface area contributed by atoms with Gasteiger partial charge in [0.25, 0.3) is 0 Å². The molecule has 0 aromatic heterocycles. The van der Waals surface area contributed by atoms with E-state index in [1.807, 2.05) is 0 Å². The van der Waals surface area contributed by atoms with Crippen LogP contribution >= 0.6 is 0 Å². The zero-order valence-electron chi connectivity index (χ0n) is 28.2. The first-order chi connectivity index (χ1) is 25.8. The van der Waals surface area contributed by atoms with Gasteiger partial charge in [-0.25, -0.2) is 0 Å². The van der Waals surface area contributed by atoms with Crippen LogP contribution in [0.15, 0.2) is 182 Å². The van der Waals surface area contributed by atoms with E-state index in [0.717, 1.165) is 17.1 Å². The lowest BCUT2D eigenvalue weighted by molar-refractivity contribution is 0.487. The molecule has 0 bridgehead atoms. The molecule has 12 rings (SSSR count). The number of hydrogen-bond acceptors (Lipinski definition) is 1. The van der Waals surface area contributed by atoms with Crippen molar-refractivity contribution in [2.24, 2.45) is 0 Å². The van der Waals surface area contributed by atoms with E-state index in [1.54, 1.807) is 0 Å². The number of fused-ring (bicyclic) bond motifs is 13. The largest absolute Gasteiger partial charge is 0.456 e. The second kappa shape index (κ2) is 10.2. The predicted octanol–water partition coefficient (Wildman–Crippen LogP) is 13.4. The smallest absolute Gasteiger partial charge is 0.135 e. The minimum absolute atomic E-state index is 0.451. The lowest BCUT2D eigenvalue weighted by atomic mass is 9.70. The lowest BCUT2D eigenvalue weighted by Gasteiger charge is -2.31. The first kappa shape index (κ1) is 28.0. The second-order valence-corrected chi connectivity index (χ2v) is 14.4. The minimum atomic E-state index is -0.451. The zero-order valence-corrected chi connectivity index (χ0v) is 28.2. The molecule has 1 heterocycles. The summed E-state index contributed by atoms with van der Waals surface area (Å²) in [5.41, 5.74) is 17.5. The molecule has 1 nitrogen and oxygen atoms in total. The third-order valence-corrected chi connectivity index (χ3v) is 11.9. The third-order valence-electron chi connectivity index (χ3n) is 11.9. The van der Waals surface area contributed by atoms with Crippen LogP contribution in [0.3, 0.4) is 0 Å². The Morgan fingerprint density at radius 3 is 1.73 bits per heavy atom. The average Bonchev–Trinajstić information content (AvgIpc) is 3.67. The van der Waals surface area contributed by atoms with Crippen LogP contribution in [0, 0.1) is 0 Å². The number of benzene rings is 9. The fraction of sp³-hybridized carbons (Fsp3) is 0.0196. The van der Waals surface area contributed by atoms with Crippen LogP contribution in [0.25, 0.3) is 77.2 Å². The quantitative estimate of drug-likeness (QED) is 0.180. The molecule has 0 amide bonds. The molecule has 9 aromatic rings. The van der Waals surface area contributed by atoms with Crippen molar-refractivity contribution in [3.8, 4) is 67.1 Å². The molecule has 1 heteroatoms. The average molecular weight is 659 g/mol. The van der Waals surface area contributed by atoms with Gasteiger partial charge >= 0.3 is 0 Å². The maximum atomic E-state index is 6.49. The Morgan fingerprint density at radius 2 is 0.923 bits per heavy atom. The van der Waals surface area contributed by atoms with E-state index in [9.17, 15) is 0 Å². The normalized spacial score (nSPS) is 13.7. The topological polar surface area (TPSA) is 9.23 Å². The van der Waals surface area contributed by atoms with Gasteiger partial charge in [-0.2, -0.15) is 0 Å². The summed E-state index contributed by atoms with van der Waals surface area (Å²) in [5, 5.41) is 4.92. The Morgan fingerprint density at radius 1 is 0.308 bits per heavy atom. The van der Waals surface area contributed by atoms with E-state index in [0.29, 0.717) is 0 Å². The summed E-state index contributed by atoms with van der Waals surface area (Å²) in [6.45, 7) is 0. The molecule has 3 aliphatic rings. The van der Waals surface area contributed by atoms with E-state index >= 15 is 0 Å². The molecule has 9 aromatic carbocycles. The Balaban J connectivity index is 1.13. The van der Waals surface area contributed by atoms with Crippen LogP contribution in [-0.2, 0) is 5.41 Å². The van der Waals surface area contributed by atoms with Crippen molar-refractivity contribution in [2.45, 2.75) is 5.41 Å². The van der Waals surface area contributed by atoms with Crippen LogP contribution in [0.5, 0.6) is 11.5 Å². The summed E-state index contributed by atoms with van der Waals surface area (Å²) in [5.74, 6) is 1.83. The summed E-state index contributed by atoms with van der Waals surface area (Å²) < 4.78 is 6.49. The van der Waals surface area contributed by atoms with Crippen molar-refractivity contribution in [2.75, 3.05) is 0 Å².